The molecule has 0 aliphatic carbocycles. The van der Waals surface area contributed by atoms with Gasteiger partial charge in [-0.3, -0.25) is 0 Å². The van der Waals surface area contributed by atoms with Crippen LogP contribution in [0.15, 0.2) is 45.7 Å². The highest BCUT2D eigenvalue weighted by Gasteiger charge is 2.35. The first-order valence-electron chi connectivity index (χ1n) is 9.12. The Morgan fingerprint density at radius 3 is 2.45 bits per heavy atom. The van der Waals surface area contributed by atoms with E-state index in [1.807, 2.05) is 0 Å². The number of alkyl halides is 3. The Morgan fingerprint density at radius 1 is 1.23 bits per heavy atom. The molecule has 2 aromatic carbocycles. The van der Waals surface area contributed by atoms with Gasteiger partial charge in [-0.25, -0.2) is 4.79 Å². The lowest BCUT2D eigenvalue weighted by atomic mass is 9.99. The lowest BCUT2D eigenvalue weighted by molar-refractivity contribution is -0.137. The smallest absolute Gasteiger partial charge is 0.417 e. The molecular formula is C21H21ClF3NO3S2. The molecule has 0 radical (unpaired) electrons. The van der Waals surface area contributed by atoms with Crippen molar-refractivity contribution >= 4 is 47.8 Å². The molecule has 10 heteroatoms. The number of nitrogens with zero attached hydrogens (tertiary/aromatic N) is 1. The van der Waals surface area contributed by atoms with Crippen LogP contribution in [-0.2, 0) is 28.7 Å². The summed E-state index contributed by atoms with van der Waals surface area (Å²) in [5.74, 6) is -0.655. The molecule has 4 nitrogen and oxygen atoms in total. The Hall–Kier alpha value is -1.68. The molecule has 31 heavy (non-hydrogen) atoms. The van der Waals surface area contributed by atoms with Crippen LogP contribution in [0.2, 0.25) is 5.02 Å². The first-order chi connectivity index (χ1) is 14.3. The summed E-state index contributed by atoms with van der Waals surface area (Å²) in [6, 6.07) is 8.46. The summed E-state index contributed by atoms with van der Waals surface area (Å²) in [5.41, 5.74) is -0.932. The number of carbonyl (C=O) groups is 1. The zero-order valence-electron chi connectivity index (χ0n) is 17.0. The summed E-state index contributed by atoms with van der Waals surface area (Å²) in [7, 11) is 0. The van der Waals surface area contributed by atoms with Crippen LogP contribution < -0.4 is 0 Å². The Bertz CT molecular complexity index is 975. The molecule has 1 atom stereocenters. The van der Waals surface area contributed by atoms with E-state index >= 15 is 0 Å². The van der Waals surface area contributed by atoms with Gasteiger partial charge in [0, 0.05) is 21.9 Å². The molecule has 168 valence electrons. The van der Waals surface area contributed by atoms with Gasteiger partial charge < -0.3 is 9.29 Å². The third kappa shape index (κ3) is 6.90. The normalized spacial score (nSPS) is 13.5. The summed E-state index contributed by atoms with van der Waals surface area (Å²) in [4.78, 5) is 12.6. The lowest BCUT2D eigenvalue weighted by Crippen LogP contribution is -2.26. The van der Waals surface area contributed by atoms with Gasteiger partial charge in [0.2, 0.25) is 0 Å². The van der Waals surface area contributed by atoms with Crippen LogP contribution in [0.1, 0.15) is 47.8 Å². The van der Waals surface area contributed by atoms with Gasteiger partial charge >= 0.3 is 12.1 Å². The van der Waals surface area contributed by atoms with Crippen molar-refractivity contribution in [3.05, 3.63) is 63.7 Å². The topological polar surface area (TPSA) is 61.7 Å². The van der Waals surface area contributed by atoms with Crippen molar-refractivity contribution in [2.24, 2.45) is 4.40 Å². The second kappa shape index (κ2) is 10.3. The highest BCUT2D eigenvalue weighted by atomic mass is 35.5. The van der Waals surface area contributed by atoms with Crippen LogP contribution in [-0.4, -0.2) is 28.1 Å². The van der Waals surface area contributed by atoms with E-state index in [9.17, 15) is 22.5 Å². The minimum absolute atomic E-state index is 0.0571. The minimum Gasteiger partial charge on any atom is -0.591 e. The van der Waals surface area contributed by atoms with Gasteiger partial charge in [-0.2, -0.15) is 13.2 Å². The fraction of sp³-hybridized carbons (Fsp3) is 0.333. The average Bonchev–Trinajstić information content (AvgIpc) is 2.66. The van der Waals surface area contributed by atoms with Crippen molar-refractivity contribution in [2.75, 3.05) is 6.61 Å². The number of thiol groups is 1. The fourth-order valence-corrected chi connectivity index (χ4v) is 3.54. The number of hydrogen-bond acceptors (Lipinski definition) is 5. The second-order valence-electron chi connectivity index (χ2n) is 7.48. The van der Waals surface area contributed by atoms with Gasteiger partial charge in [-0.1, -0.05) is 28.1 Å². The minimum atomic E-state index is -4.68. The van der Waals surface area contributed by atoms with Crippen LogP contribution in [0, 0.1) is 0 Å². The molecule has 0 bridgehead atoms. The number of rotatable bonds is 6. The van der Waals surface area contributed by atoms with Crippen LogP contribution in [0.25, 0.3) is 0 Å². The molecule has 0 aliphatic rings. The van der Waals surface area contributed by atoms with Gasteiger partial charge in [0.05, 0.1) is 23.9 Å². The zero-order chi connectivity index (χ0) is 23.4. The van der Waals surface area contributed by atoms with Gasteiger partial charge in [0.25, 0.3) is 0 Å². The van der Waals surface area contributed by atoms with E-state index in [2.05, 4.69) is 17.0 Å². The SMILES string of the molecule is CC(C)(C)[S+]([O-])N=Cc1c(C(F)(F)F)ccc(Cl)c1CCOC(=O)c1ccccc1S. The molecule has 0 N–H and O–H groups in total. The molecule has 0 spiro atoms. The average molecular weight is 492 g/mol. The molecule has 0 fully saturated rings. The summed E-state index contributed by atoms with van der Waals surface area (Å²) < 4.78 is 61.2. The number of ether oxygens (including phenoxy) is 1. The molecule has 0 heterocycles. The summed E-state index contributed by atoms with van der Waals surface area (Å²) >= 11 is 8.58. The molecule has 0 amide bonds. The van der Waals surface area contributed by atoms with Crippen LogP contribution >= 0.6 is 24.2 Å². The number of halogens is 4. The largest absolute Gasteiger partial charge is 0.591 e. The Kier molecular flexibility index (Phi) is 8.49. The first kappa shape index (κ1) is 25.6. The highest BCUT2D eigenvalue weighted by molar-refractivity contribution is 7.91. The lowest BCUT2D eigenvalue weighted by Gasteiger charge is -2.19. The van der Waals surface area contributed by atoms with Crippen molar-refractivity contribution in [1.29, 1.82) is 0 Å². The van der Waals surface area contributed by atoms with E-state index in [1.54, 1.807) is 39.0 Å². The van der Waals surface area contributed by atoms with E-state index in [1.165, 1.54) is 6.07 Å². The van der Waals surface area contributed by atoms with E-state index in [4.69, 9.17) is 16.3 Å². The van der Waals surface area contributed by atoms with Gasteiger partial charge in [-0.15, -0.1) is 12.6 Å². The maximum absolute atomic E-state index is 13.6. The van der Waals surface area contributed by atoms with E-state index < -0.39 is 33.8 Å². The van der Waals surface area contributed by atoms with Crippen molar-refractivity contribution in [1.82, 2.24) is 0 Å². The van der Waals surface area contributed by atoms with Crippen molar-refractivity contribution in [3.63, 3.8) is 0 Å². The van der Waals surface area contributed by atoms with Crippen LogP contribution in [0.5, 0.6) is 0 Å². The van der Waals surface area contributed by atoms with E-state index in [0.717, 1.165) is 18.3 Å². The van der Waals surface area contributed by atoms with E-state index in [0.29, 0.717) is 4.90 Å². The second-order valence-corrected chi connectivity index (χ2v) is 10.3. The summed E-state index contributed by atoms with van der Waals surface area (Å²) in [6.07, 6.45) is -3.84. The van der Waals surface area contributed by atoms with Crippen molar-refractivity contribution in [2.45, 2.75) is 43.0 Å². The number of carbonyl (C=O) groups excluding carboxylic acids is 1. The molecule has 0 saturated heterocycles. The number of esters is 1. The standard InChI is InChI=1S/C21H21ClF3NO3S2/c1-20(2,3)31(28)26-12-15-13(17(22)9-8-16(15)21(23,24)25)10-11-29-19(27)14-6-4-5-7-18(14)30/h4-9,12,30H,10-11H2,1-3H3. The Labute approximate surface area is 192 Å². The van der Waals surface area contributed by atoms with Crippen molar-refractivity contribution in [3.8, 4) is 0 Å². The maximum Gasteiger partial charge on any atom is 0.417 e. The third-order valence-electron chi connectivity index (χ3n) is 4.12. The number of hydrogen-bond donors (Lipinski definition) is 1. The predicted octanol–water partition coefficient (Wildman–Crippen LogP) is 5.93. The zero-order valence-corrected chi connectivity index (χ0v) is 19.5. The Balaban J connectivity index is 2.32. The third-order valence-corrected chi connectivity index (χ3v) is 6.20. The molecule has 0 saturated carbocycles. The molecule has 2 aromatic rings. The van der Waals surface area contributed by atoms with Crippen molar-refractivity contribution < 1.29 is 27.3 Å². The maximum atomic E-state index is 13.6. The first-order valence-corrected chi connectivity index (χ1v) is 11.1. The molecule has 1 unspecified atom stereocenters. The molecular weight excluding hydrogens is 471 g/mol. The highest BCUT2D eigenvalue weighted by Crippen LogP contribution is 2.35. The predicted molar refractivity (Wildman–Crippen MR) is 120 cm³/mol. The number of benzene rings is 2. The quantitative estimate of drug-likeness (QED) is 0.236. The van der Waals surface area contributed by atoms with Gasteiger partial charge in [-0.05, 0) is 50.6 Å². The van der Waals surface area contributed by atoms with Crippen LogP contribution in [0.3, 0.4) is 0 Å². The Morgan fingerprint density at radius 2 is 1.87 bits per heavy atom. The van der Waals surface area contributed by atoms with Crippen LogP contribution in [0.4, 0.5) is 13.2 Å². The van der Waals surface area contributed by atoms with Gasteiger partial charge in [0.15, 0.2) is 0 Å². The molecule has 0 aromatic heterocycles. The monoisotopic (exact) mass is 491 g/mol. The summed E-state index contributed by atoms with van der Waals surface area (Å²) in [6.45, 7) is 4.75. The van der Waals surface area contributed by atoms with E-state index in [-0.39, 0.29) is 34.7 Å². The molecule has 0 aliphatic heterocycles. The van der Waals surface area contributed by atoms with Gasteiger partial charge in [0.1, 0.15) is 16.1 Å². The fourth-order valence-electron chi connectivity index (χ4n) is 2.52. The molecule has 2 rings (SSSR count). The summed E-state index contributed by atoms with van der Waals surface area (Å²) in [5, 5.41) is 0.0571.